The Balaban J connectivity index is 0.00000312. The summed E-state index contributed by atoms with van der Waals surface area (Å²) in [6, 6.07) is 0. The van der Waals surface area contributed by atoms with Crippen LogP contribution in [-0.2, 0) is 12.0 Å². The fourth-order valence-corrected chi connectivity index (χ4v) is 2.73. The molecular formula is C18H34IN5O. The van der Waals surface area contributed by atoms with Gasteiger partial charge in [-0.1, -0.05) is 27.2 Å². The topological polar surface area (TPSA) is 65.7 Å². The van der Waals surface area contributed by atoms with Crippen LogP contribution < -0.4 is 10.6 Å². The maximum absolute atomic E-state index is 5.79. The highest BCUT2D eigenvalue weighted by Crippen LogP contribution is 2.22. The first-order chi connectivity index (χ1) is 11.5. The normalized spacial score (nSPS) is 16.4. The van der Waals surface area contributed by atoms with Crippen molar-refractivity contribution in [1.29, 1.82) is 0 Å². The van der Waals surface area contributed by atoms with E-state index in [4.69, 9.17) is 4.42 Å². The molecule has 0 radical (unpaired) electrons. The van der Waals surface area contributed by atoms with Gasteiger partial charge in [-0.2, -0.15) is 0 Å². The Labute approximate surface area is 169 Å². The number of rotatable bonds is 6. The largest absolute Gasteiger partial charge is 0.443 e. The minimum absolute atomic E-state index is 0. The molecule has 6 nitrogen and oxygen atoms in total. The van der Waals surface area contributed by atoms with Gasteiger partial charge in [0.25, 0.3) is 0 Å². The lowest BCUT2D eigenvalue weighted by atomic mass is 9.94. The summed E-state index contributed by atoms with van der Waals surface area (Å²) in [5.74, 6) is 2.38. The van der Waals surface area contributed by atoms with Crippen molar-refractivity contribution < 1.29 is 4.42 Å². The smallest absolute Gasteiger partial charge is 0.216 e. The number of nitrogens with one attached hydrogen (secondary N) is 2. The average molecular weight is 463 g/mol. The molecule has 2 heterocycles. The molecular weight excluding hydrogens is 429 g/mol. The predicted molar refractivity (Wildman–Crippen MR) is 114 cm³/mol. The molecule has 0 saturated carbocycles. The fraction of sp³-hybridized carbons (Fsp3) is 0.778. The highest BCUT2D eigenvalue weighted by Gasteiger charge is 2.19. The number of hydrogen-bond acceptors (Lipinski definition) is 4. The number of piperidine rings is 1. The molecule has 1 fully saturated rings. The molecule has 0 unspecified atom stereocenters. The maximum atomic E-state index is 5.79. The monoisotopic (exact) mass is 463 g/mol. The van der Waals surface area contributed by atoms with E-state index in [-0.39, 0.29) is 29.4 Å². The van der Waals surface area contributed by atoms with Crippen molar-refractivity contribution in [1.82, 2.24) is 20.5 Å². The third-order valence-electron chi connectivity index (χ3n) is 4.18. The minimum atomic E-state index is -0.0217. The third-order valence-corrected chi connectivity index (χ3v) is 4.18. The second kappa shape index (κ2) is 11.0. The van der Waals surface area contributed by atoms with Crippen LogP contribution in [0.25, 0.3) is 0 Å². The quantitative estimate of drug-likeness (QED) is 0.386. The summed E-state index contributed by atoms with van der Waals surface area (Å²) >= 11 is 0. The Morgan fingerprint density at radius 1 is 1.24 bits per heavy atom. The van der Waals surface area contributed by atoms with Crippen molar-refractivity contribution in [3.63, 3.8) is 0 Å². The van der Waals surface area contributed by atoms with Gasteiger partial charge < -0.3 is 20.0 Å². The van der Waals surface area contributed by atoms with E-state index in [0.29, 0.717) is 12.4 Å². The number of guanidine groups is 1. The zero-order valence-electron chi connectivity index (χ0n) is 16.1. The second-order valence-corrected chi connectivity index (χ2v) is 7.39. The van der Waals surface area contributed by atoms with Crippen LogP contribution in [0.15, 0.2) is 15.6 Å². The Bertz CT molecular complexity index is 518. The molecule has 2 rings (SSSR count). The van der Waals surface area contributed by atoms with Crippen molar-refractivity contribution >= 4 is 29.9 Å². The Kier molecular flexibility index (Phi) is 9.78. The number of aromatic nitrogens is 1. The summed E-state index contributed by atoms with van der Waals surface area (Å²) in [4.78, 5) is 11.4. The molecule has 0 spiro atoms. The second-order valence-electron chi connectivity index (χ2n) is 7.39. The summed E-state index contributed by atoms with van der Waals surface area (Å²) in [5, 5.41) is 6.68. The van der Waals surface area contributed by atoms with Crippen LogP contribution in [0.4, 0.5) is 0 Å². The molecule has 25 heavy (non-hydrogen) atoms. The van der Waals surface area contributed by atoms with Crippen molar-refractivity contribution in [3.8, 4) is 0 Å². The molecule has 1 aromatic heterocycles. The van der Waals surface area contributed by atoms with E-state index >= 15 is 0 Å². The number of halogens is 1. The summed E-state index contributed by atoms with van der Waals surface area (Å²) in [6.45, 7) is 14.1. The number of aliphatic imine (C=N–C) groups is 1. The zero-order valence-corrected chi connectivity index (χ0v) is 18.4. The van der Waals surface area contributed by atoms with Gasteiger partial charge in [0.15, 0.2) is 5.96 Å². The van der Waals surface area contributed by atoms with E-state index in [9.17, 15) is 0 Å². The van der Waals surface area contributed by atoms with Gasteiger partial charge >= 0.3 is 0 Å². The lowest BCUT2D eigenvalue weighted by Gasteiger charge is -2.26. The van der Waals surface area contributed by atoms with Crippen LogP contribution in [0.2, 0.25) is 0 Å². The first-order valence-electron chi connectivity index (χ1n) is 9.19. The SMILES string of the molecule is CCNC(=NCc1ncc(C(C)(C)C)o1)NCCN1CCCCC1.I. The van der Waals surface area contributed by atoms with Gasteiger partial charge in [-0.15, -0.1) is 24.0 Å². The van der Waals surface area contributed by atoms with E-state index in [2.05, 4.69) is 53.2 Å². The van der Waals surface area contributed by atoms with Crippen LogP contribution in [0.1, 0.15) is 58.6 Å². The van der Waals surface area contributed by atoms with E-state index in [1.54, 1.807) is 0 Å². The number of oxazole rings is 1. The zero-order chi connectivity index (χ0) is 17.4. The number of hydrogen-bond donors (Lipinski definition) is 2. The van der Waals surface area contributed by atoms with Gasteiger partial charge in [0.1, 0.15) is 12.3 Å². The average Bonchev–Trinajstić information content (AvgIpc) is 3.03. The summed E-state index contributed by atoms with van der Waals surface area (Å²) in [7, 11) is 0. The van der Waals surface area contributed by atoms with Crippen LogP contribution >= 0.6 is 24.0 Å². The van der Waals surface area contributed by atoms with Crippen molar-refractivity contribution in [2.24, 2.45) is 4.99 Å². The Hall–Kier alpha value is -0.830. The van der Waals surface area contributed by atoms with Gasteiger partial charge in [0.05, 0.1) is 6.20 Å². The van der Waals surface area contributed by atoms with Crippen LogP contribution in [0.3, 0.4) is 0 Å². The van der Waals surface area contributed by atoms with Crippen molar-refractivity contribution in [2.75, 3.05) is 32.7 Å². The van der Waals surface area contributed by atoms with Gasteiger partial charge in [0.2, 0.25) is 5.89 Å². The standard InChI is InChI=1S/C18H33N5O.HI/c1-5-19-17(20-9-12-23-10-7-6-8-11-23)22-14-16-21-13-15(24-16)18(2,3)4;/h13H,5-12,14H2,1-4H3,(H2,19,20,22);1H. The molecule has 1 aliphatic heterocycles. The maximum Gasteiger partial charge on any atom is 0.216 e. The van der Waals surface area contributed by atoms with E-state index < -0.39 is 0 Å². The van der Waals surface area contributed by atoms with Gasteiger partial charge in [0, 0.05) is 25.0 Å². The Morgan fingerprint density at radius 3 is 2.56 bits per heavy atom. The van der Waals surface area contributed by atoms with Gasteiger partial charge in [-0.25, -0.2) is 9.98 Å². The molecule has 0 amide bonds. The predicted octanol–water partition coefficient (Wildman–Crippen LogP) is 3.13. The van der Waals surface area contributed by atoms with E-state index in [0.717, 1.165) is 31.4 Å². The number of nitrogens with zero attached hydrogens (tertiary/aromatic N) is 3. The fourth-order valence-electron chi connectivity index (χ4n) is 2.73. The van der Waals surface area contributed by atoms with Gasteiger partial charge in [-0.3, -0.25) is 0 Å². The first kappa shape index (κ1) is 22.2. The lowest BCUT2D eigenvalue weighted by Crippen LogP contribution is -2.42. The highest BCUT2D eigenvalue weighted by molar-refractivity contribution is 14.0. The molecule has 1 aromatic rings. The third kappa shape index (κ3) is 7.94. The lowest BCUT2D eigenvalue weighted by molar-refractivity contribution is 0.232. The summed E-state index contributed by atoms with van der Waals surface area (Å²) < 4.78 is 5.79. The molecule has 1 saturated heterocycles. The van der Waals surface area contributed by atoms with Crippen LogP contribution in [0.5, 0.6) is 0 Å². The molecule has 0 atom stereocenters. The molecule has 2 N–H and O–H groups in total. The molecule has 1 aliphatic rings. The molecule has 0 aromatic carbocycles. The Morgan fingerprint density at radius 2 is 1.96 bits per heavy atom. The van der Waals surface area contributed by atoms with Crippen molar-refractivity contribution in [2.45, 2.75) is 58.9 Å². The first-order valence-corrected chi connectivity index (χ1v) is 9.19. The van der Waals surface area contributed by atoms with Crippen LogP contribution in [0, 0.1) is 0 Å². The molecule has 0 aliphatic carbocycles. The minimum Gasteiger partial charge on any atom is -0.443 e. The molecule has 7 heteroatoms. The van der Waals surface area contributed by atoms with E-state index in [1.807, 2.05) is 6.20 Å². The van der Waals surface area contributed by atoms with Crippen LogP contribution in [-0.4, -0.2) is 48.6 Å². The van der Waals surface area contributed by atoms with E-state index in [1.165, 1.54) is 32.4 Å². The molecule has 144 valence electrons. The number of likely N-dealkylation sites (tertiary alicyclic amines) is 1. The molecule has 0 bridgehead atoms. The van der Waals surface area contributed by atoms with Gasteiger partial charge in [-0.05, 0) is 32.9 Å². The highest BCUT2D eigenvalue weighted by atomic mass is 127. The summed E-state index contributed by atoms with van der Waals surface area (Å²) in [6.07, 6.45) is 5.84. The van der Waals surface area contributed by atoms with Crippen molar-refractivity contribution in [3.05, 3.63) is 17.8 Å². The summed E-state index contributed by atoms with van der Waals surface area (Å²) in [5.41, 5.74) is -0.0217.